The summed E-state index contributed by atoms with van der Waals surface area (Å²) in [4.78, 5) is 15.6. The number of ether oxygens (including phenoxy) is 1. The molecule has 5 heteroatoms. The minimum Gasteiger partial charge on any atom is -0.497 e. The van der Waals surface area contributed by atoms with Gasteiger partial charge < -0.3 is 15.0 Å². The van der Waals surface area contributed by atoms with Gasteiger partial charge in [-0.1, -0.05) is 29.8 Å². The van der Waals surface area contributed by atoms with Crippen LogP contribution in [0.5, 0.6) is 5.75 Å². The second-order valence-electron chi connectivity index (χ2n) is 5.31. The van der Waals surface area contributed by atoms with Crippen molar-refractivity contribution in [3.8, 4) is 5.75 Å². The maximum absolute atomic E-state index is 12.5. The van der Waals surface area contributed by atoms with Crippen LogP contribution in [0.4, 0.5) is 0 Å². The molecule has 0 atom stereocenters. The monoisotopic (exact) mass is 328 g/mol. The highest BCUT2D eigenvalue weighted by atomic mass is 35.5. The lowest BCUT2D eigenvalue weighted by molar-refractivity contribution is 0.0946. The zero-order chi connectivity index (χ0) is 16.4. The number of hydrogen-bond acceptors (Lipinski definition) is 2. The van der Waals surface area contributed by atoms with Crippen LogP contribution in [0.3, 0.4) is 0 Å². The van der Waals surface area contributed by atoms with E-state index in [9.17, 15) is 4.79 Å². The van der Waals surface area contributed by atoms with Crippen LogP contribution in [0.15, 0.2) is 42.5 Å². The van der Waals surface area contributed by atoms with E-state index in [1.807, 2.05) is 49.4 Å². The second-order valence-corrected chi connectivity index (χ2v) is 5.72. The Labute approximate surface area is 139 Å². The fourth-order valence-electron chi connectivity index (χ4n) is 2.58. The summed E-state index contributed by atoms with van der Waals surface area (Å²) in [6, 6.07) is 13.2. The number of methoxy groups -OCH3 is 1. The van der Waals surface area contributed by atoms with Crippen LogP contribution < -0.4 is 10.1 Å². The molecule has 0 saturated carbocycles. The summed E-state index contributed by atoms with van der Waals surface area (Å²) < 4.78 is 5.22. The number of hydrogen-bond donors (Lipinski definition) is 2. The minimum atomic E-state index is -0.155. The van der Waals surface area contributed by atoms with Gasteiger partial charge in [0.1, 0.15) is 11.4 Å². The fraction of sp³-hybridized carbons (Fsp3) is 0.167. The summed E-state index contributed by atoms with van der Waals surface area (Å²) >= 11 is 6.11. The van der Waals surface area contributed by atoms with Gasteiger partial charge in [-0.3, -0.25) is 4.79 Å². The summed E-state index contributed by atoms with van der Waals surface area (Å²) in [5, 5.41) is 4.55. The molecule has 0 aliphatic carbocycles. The summed E-state index contributed by atoms with van der Waals surface area (Å²) in [6.07, 6.45) is 0. The van der Waals surface area contributed by atoms with E-state index in [1.165, 1.54) is 0 Å². The van der Waals surface area contributed by atoms with Gasteiger partial charge in [-0.2, -0.15) is 0 Å². The number of aryl methyl sites for hydroxylation is 1. The first-order valence-electron chi connectivity index (χ1n) is 7.28. The van der Waals surface area contributed by atoms with E-state index in [1.54, 1.807) is 7.11 Å². The van der Waals surface area contributed by atoms with E-state index >= 15 is 0 Å². The summed E-state index contributed by atoms with van der Waals surface area (Å²) in [5.41, 5.74) is 3.24. The highest BCUT2D eigenvalue weighted by Gasteiger charge is 2.15. The number of H-pyrrole nitrogens is 1. The van der Waals surface area contributed by atoms with Gasteiger partial charge in [-0.15, -0.1) is 0 Å². The van der Waals surface area contributed by atoms with Crippen LogP contribution in [0.2, 0.25) is 5.02 Å². The Bertz CT molecular complexity index is 871. The molecular formula is C18H17ClN2O2. The van der Waals surface area contributed by atoms with Crippen LogP contribution in [0, 0.1) is 6.92 Å². The van der Waals surface area contributed by atoms with Crippen molar-refractivity contribution >= 4 is 28.4 Å². The highest BCUT2D eigenvalue weighted by Crippen LogP contribution is 2.25. The predicted octanol–water partition coefficient (Wildman–Crippen LogP) is 4.07. The van der Waals surface area contributed by atoms with E-state index in [4.69, 9.17) is 16.3 Å². The SMILES string of the molecule is COc1ccc2c(C)c(C(=O)NCc3ccccc3Cl)[nH]c2c1. The first kappa shape index (κ1) is 15.4. The Morgan fingerprint density at radius 3 is 2.78 bits per heavy atom. The lowest BCUT2D eigenvalue weighted by Gasteiger charge is -2.06. The molecule has 1 aromatic heterocycles. The zero-order valence-electron chi connectivity index (χ0n) is 12.9. The van der Waals surface area contributed by atoms with E-state index in [2.05, 4.69) is 10.3 Å². The van der Waals surface area contributed by atoms with Crippen LogP contribution in [-0.4, -0.2) is 18.0 Å². The maximum Gasteiger partial charge on any atom is 0.268 e. The molecular weight excluding hydrogens is 312 g/mol. The molecule has 0 unspecified atom stereocenters. The molecule has 0 fully saturated rings. The Balaban J connectivity index is 1.83. The molecule has 0 radical (unpaired) electrons. The van der Waals surface area contributed by atoms with Gasteiger partial charge in [0.2, 0.25) is 0 Å². The van der Waals surface area contributed by atoms with Gasteiger partial charge in [-0.05, 0) is 36.2 Å². The van der Waals surface area contributed by atoms with Crippen LogP contribution in [0.25, 0.3) is 10.9 Å². The van der Waals surface area contributed by atoms with Crippen molar-refractivity contribution in [2.24, 2.45) is 0 Å². The molecule has 2 N–H and O–H groups in total. The summed E-state index contributed by atoms with van der Waals surface area (Å²) in [5.74, 6) is 0.597. The van der Waals surface area contributed by atoms with Crippen molar-refractivity contribution in [2.45, 2.75) is 13.5 Å². The molecule has 3 aromatic rings. The van der Waals surface area contributed by atoms with E-state index in [0.29, 0.717) is 17.3 Å². The topological polar surface area (TPSA) is 54.1 Å². The average Bonchev–Trinajstić information content (AvgIpc) is 2.90. The van der Waals surface area contributed by atoms with Crippen molar-refractivity contribution in [1.29, 1.82) is 0 Å². The number of rotatable bonds is 4. The maximum atomic E-state index is 12.5. The van der Waals surface area contributed by atoms with Crippen molar-refractivity contribution in [3.05, 3.63) is 64.3 Å². The van der Waals surface area contributed by atoms with Crippen LogP contribution in [0.1, 0.15) is 21.6 Å². The number of fused-ring (bicyclic) bond motifs is 1. The number of halogens is 1. The largest absolute Gasteiger partial charge is 0.497 e. The molecule has 23 heavy (non-hydrogen) atoms. The molecule has 1 heterocycles. The van der Waals surface area contributed by atoms with Gasteiger partial charge in [0, 0.05) is 28.5 Å². The molecule has 0 spiro atoms. The molecule has 3 rings (SSSR count). The molecule has 118 valence electrons. The number of aromatic amines is 1. The molecule has 0 aliphatic heterocycles. The zero-order valence-corrected chi connectivity index (χ0v) is 13.7. The van der Waals surface area contributed by atoms with Gasteiger partial charge >= 0.3 is 0 Å². The van der Waals surface area contributed by atoms with E-state index in [0.717, 1.165) is 27.8 Å². The predicted molar refractivity (Wildman–Crippen MR) is 92.2 cm³/mol. The Morgan fingerprint density at radius 2 is 2.04 bits per heavy atom. The van der Waals surface area contributed by atoms with E-state index < -0.39 is 0 Å². The Morgan fingerprint density at radius 1 is 1.26 bits per heavy atom. The number of carbonyl (C=O) groups is 1. The molecule has 0 bridgehead atoms. The number of aromatic nitrogens is 1. The lowest BCUT2D eigenvalue weighted by Crippen LogP contribution is -2.24. The van der Waals surface area contributed by atoms with Crippen LogP contribution >= 0.6 is 11.6 Å². The Kier molecular flexibility index (Phi) is 4.26. The number of carbonyl (C=O) groups excluding carboxylic acids is 1. The van der Waals surface area contributed by atoms with Crippen molar-refractivity contribution in [1.82, 2.24) is 10.3 Å². The van der Waals surface area contributed by atoms with Gasteiger partial charge in [-0.25, -0.2) is 0 Å². The number of nitrogens with one attached hydrogen (secondary N) is 2. The molecule has 0 aliphatic rings. The quantitative estimate of drug-likeness (QED) is 0.758. The molecule has 2 aromatic carbocycles. The summed E-state index contributed by atoms with van der Waals surface area (Å²) in [6.45, 7) is 2.31. The lowest BCUT2D eigenvalue weighted by atomic mass is 10.1. The molecule has 0 saturated heterocycles. The van der Waals surface area contributed by atoms with E-state index in [-0.39, 0.29) is 5.91 Å². The summed E-state index contributed by atoms with van der Waals surface area (Å²) in [7, 11) is 1.62. The van der Waals surface area contributed by atoms with Crippen molar-refractivity contribution in [2.75, 3.05) is 7.11 Å². The standard InChI is InChI=1S/C18H17ClN2O2/c1-11-14-8-7-13(23-2)9-16(14)21-17(11)18(22)20-10-12-5-3-4-6-15(12)19/h3-9,21H,10H2,1-2H3,(H,20,22). The number of amides is 1. The van der Waals surface area contributed by atoms with Gasteiger partial charge in [0.25, 0.3) is 5.91 Å². The average molecular weight is 329 g/mol. The van der Waals surface area contributed by atoms with Crippen molar-refractivity contribution < 1.29 is 9.53 Å². The highest BCUT2D eigenvalue weighted by molar-refractivity contribution is 6.31. The third-order valence-corrected chi connectivity index (χ3v) is 4.26. The third kappa shape index (κ3) is 3.03. The smallest absolute Gasteiger partial charge is 0.268 e. The first-order chi connectivity index (χ1) is 11.1. The molecule has 1 amide bonds. The fourth-order valence-corrected chi connectivity index (χ4v) is 2.78. The first-order valence-corrected chi connectivity index (χ1v) is 7.66. The second kappa shape index (κ2) is 6.34. The minimum absolute atomic E-state index is 0.155. The van der Waals surface area contributed by atoms with Gasteiger partial charge in [0.05, 0.1) is 7.11 Å². The normalized spacial score (nSPS) is 10.7. The third-order valence-electron chi connectivity index (χ3n) is 3.89. The molecule has 4 nitrogen and oxygen atoms in total. The van der Waals surface area contributed by atoms with Gasteiger partial charge in [0.15, 0.2) is 0 Å². The Hall–Kier alpha value is -2.46. The van der Waals surface area contributed by atoms with Crippen molar-refractivity contribution in [3.63, 3.8) is 0 Å². The van der Waals surface area contributed by atoms with Crippen LogP contribution in [-0.2, 0) is 6.54 Å². The number of benzene rings is 2.